The number of nitrogens with zero attached hydrogens (tertiary/aromatic N) is 2. The van der Waals surface area contributed by atoms with Gasteiger partial charge >= 0.3 is 12.0 Å². The number of anilines is 1. The molecule has 0 saturated carbocycles. The van der Waals surface area contributed by atoms with Crippen LogP contribution in [0.4, 0.5) is 10.5 Å². The molecule has 1 heterocycles. The zero-order chi connectivity index (χ0) is 18.6. The molecule has 0 radical (unpaired) electrons. The number of hydrogen-bond donors (Lipinski definition) is 2. The van der Waals surface area contributed by atoms with Gasteiger partial charge in [0.15, 0.2) is 0 Å². The van der Waals surface area contributed by atoms with E-state index in [1.54, 1.807) is 6.07 Å². The van der Waals surface area contributed by atoms with Crippen molar-refractivity contribution >= 4 is 29.7 Å². The molecule has 1 fully saturated rings. The SMILES string of the molecule is CCN(CC)c1ccc(/C=C2/NC(=O)N(CC(=O)O)C2=O)c(OC)c1. The molecule has 1 aliphatic heterocycles. The van der Waals surface area contributed by atoms with E-state index in [2.05, 4.69) is 24.1 Å². The van der Waals surface area contributed by atoms with Crippen LogP contribution in [0.3, 0.4) is 0 Å². The molecule has 0 bridgehead atoms. The van der Waals surface area contributed by atoms with Gasteiger partial charge in [-0.1, -0.05) is 0 Å². The fourth-order valence-electron chi connectivity index (χ4n) is 2.61. The van der Waals surface area contributed by atoms with Crippen molar-refractivity contribution in [2.45, 2.75) is 13.8 Å². The Morgan fingerprint density at radius 1 is 1.32 bits per heavy atom. The Morgan fingerprint density at radius 3 is 2.56 bits per heavy atom. The second-order valence-electron chi connectivity index (χ2n) is 5.37. The monoisotopic (exact) mass is 347 g/mol. The predicted molar refractivity (Wildman–Crippen MR) is 92.4 cm³/mol. The molecule has 134 valence electrons. The van der Waals surface area contributed by atoms with Crippen molar-refractivity contribution in [3.05, 3.63) is 29.5 Å². The van der Waals surface area contributed by atoms with Gasteiger partial charge in [-0.3, -0.25) is 9.59 Å². The smallest absolute Gasteiger partial charge is 0.329 e. The highest BCUT2D eigenvalue weighted by Gasteiger charge is 2.35. The van der Waals surface area contributed by atoms with Gasteiger partial charge in [0.2, 0.25) is 0 Å². The van der Waals surface area contributed by atoms with Crippen molar-refractivity contribution in [3.8, 4) is 5.75 Å². The van der Waals surface area contributed by atoms with E-state index < -0.39 is 24.5 Å². The standard InChI is InChI=1S/C17H21N3O5/c1-4-19(5-2)12-7-6-11(14(9-12)25-3)8-13-16(23)20(10-15(21)22)17(24)18-13/h6-9H,4-5,10H2,1-3H3,(H,18,24)(H,21,22)/b13-8+. The second kappa shape index (κ2) is 7.69. The molecule has 25 heavy (non-hydrogen) atoms. The Balaban J connectivity index is 2.33. The molecule has 0 unspecified atom stereocenters. The number of rotatable bonds is 7. The number of imide groups is 1. The highest BCUT2D eigenvalue weighted by atomic mass is 16.5. The number of carbonyl (C=O) groups excluding carboxylic acids is 2. The van der Waals surface area contributed by atoms with Gasteiger partial charge < -0.3 is 20.1 Å². The molecule has 0 atom stereocenters. The largest absolute Gasteiger partial charge is 0.496 e. The van der Waals surface area contributed by atoms with Crippen LogP contribution in [0.1, 0.15) is 19.4 Å². The summed E-state index contributed by atoms with van der Waals surface area (Å²) in [5.74, 6) is -1.39. The minimum atomic E-state index is -1.26. The third-order valence-electron chi connectivity index (χ3n) is 3.90. The average molecular weight is 347 g/mol. The maximum Gasteiger partial charge on any atom is 0.329 e. The Morgan fingerprint density at radius 2 is 2.00 bits per heavy atom. The maximum absolute atomic E-state index is 12.2. The van der Waals surface area contributed by atoms with E-state index >= 15 is 0 Å². The summed E-state index contributed by atoms with van der Waals surface area (Å²) >= 11 is 0. The number of methoxy groups -OCH3 is 1. The van der Waals surface area contributed by atoms with Gasteiger partial charge in [-0.05, 0) is 32.1 Å². The lowest BCUT2D eigenvalue weighted by atomic mass is 10.1. The van der Waals surface area contributed by atoms with Crippen LogP contribution in [-0.4, -0.2) is 54.7 Å². The van der Waals surface area contributed by atoms with Crippen LogP contribution >= 0.6 is 0 Å². The third-order valence-corrected chi connectivity index (χ3v) is 3.90. The summed E-state index contributed by atoms with van der Waals surface area (Å²) < 4.78 is 5.39. The van der Waals surface area contributed by atoms with Gasteiger partial charge in [0.25, 0.3) is 5.91 Å². The van der Waals surface area contributed by atoms with E-state index in [1.165, 1.54) is 13.2 Å². The average Bonchev–Trinajstić information content (AvgIpc) is 2.84. The summed E-state index contributed by atoms with van der Waals surface area (Å²) in [7, 11) is 1.52. The molecule has 2 N–H and O–H groups in total. The van der Waals surface area contributed by atoms with Crippen LogP contribution in [0.5, 0.6) is 5.75 Å². The Hall–Kier alpha value is -3.03. The molecule has 1 aromatic carbocycles. The molecule has 1 aromatic rings. The van der Waals surface area contributed by atoms with Crippen molar-refractivity contribution in [1.29, 1.82) is 0 Å². The lowest BCUT2D eigenvalue weighted by Crippen LogP contribution is -2.35. The highest BCUT2D eigenvalue weighted by molar-refractivity contribution is 6.15. The van der Waals surface area contributed by atoms with E-state index in [9.17, 15) is 14.4 Å². The number of benzene rings is 1. The van der Waals surface area contributed by atoms with Crippen LogP contribution in [-0.2, 0) is 9.59 Å². The maximum atomic E-state index is 12.2. The van der Waals surface area contributed by atoms with Gasteiger partial charge in [0, 0.05) is 30.4 Å². The Bertz CT molecular complexity index is 725. The first-order valence-corrected chi connectivity index (χ1v) is 7.90. The van der Waals surface area contributed by atoms with E-state index in [1.807, 2.05) is 12.1 Å². The van der Waals surface area contributed by atoms with Gasteiger partial charge in [-0.25, -0.2) is 9.69 Å². The van der Waals surface area contributed by atoms with E-state index in [4.69, 9.17) is 9.84 Å². The quantitative estimate of drug-likeness (QED) is 0.573. The van der Waals surface area contributed by atoms with Gasteiger partial charge in [0.1, 0.15) is 18.0 Å². The zero-order valence-electron chi connectivity index (χ0n) is 14.4. The number of carboxylic acid groups (broad SMARTS) is 1. The van der Waals surface area contributed by atoms with Crippen molar-refractivity contribution < 1.29 is 24.2 Å². The highest BCUT2D eigenvalue weighted by Crippen LogP contribution is 2.28. The van der Waals surface area contributed by atoms with Crippen LogP contribution in [0.25, 0.3) is 6.08 Å². The summed E-state index contributed by atoms with van der Waals surface area (Å²) in [4.78, 5) is 37.5. The van der Waals surface area contributed by atoms with E-state index in [-0.39, 0.29) is 5.70 Å². The molecule has 2 rings (SSSR count). The lowest BCUT2D eigenvalue weighted by molar-refractivity contribution is -0.140. The first kappa shape index (κ1) is 18.3. The van der Waals surface area contributed by atoms with Crippen LogP contribution in [0, 0.1) is 0 Å². The van der Waals surface area contributed by atoms with Crippen molar-refractivity contribution in [1.82, 2.24) is 10.2 Å². The Kier molecular flexibility index (Phi) is 5.63. The summed E-state index contributed by atoms with van der Waals surface area (Å²) in [6, 6.07) is 4.80. The zero-order valence-corrected chi connectivity index (χ0v) is 14.4. The first-order chi connectivity index (χ1) is 11.9. The lowest BCUT2D eigenvalue weighted by Gasteiger charge is -2.22. The molecule has 8 heteroatoms. The fourth-order valence-corrected chi connectivity index (χ4v) is 2.61. The molecule has 0 aromatic heterocycles. The molecule has 1 saturated heterocycles. The molecular weight excluding hydrogens is 326 g/mol. The summed E-state index contributed by atoms with van der Waals surface area (Å²) in [5, 5.41) is 11.2. The topological polar surface area (TPSA) is 99.2 Å². The molecule has 0 spiro atoms. The molecule has 1 aliphatic rings. The predicted octanol–water partition coefficient (Wildman–Crippen LogP) is 1.52. The number of ether oxygens (including phenoxy) is 1. The number of aliphatic carboxylic acids is 1. The molecule has 0 aliphatic carbocycles. The molecule has 8 nitrogen and oxygen atoms in total. The van der Waals surface area contributed by atoms with Gasteiger partial charge in [0.05, 0.1) is 7.11 Å². The number of carboxylic acids is 1. The van der Waals surface area contributed by atoms with E-state index in [0.717, 1.165) is 18.8 Å². The number of urea groups is 1. The fraction of sp³-hybridized carbons (Fsp3) is 0.353. The van der Waals surface area contributed by atoms with Crippen molar-refractivity contribution in [2.24, 2.45) is 0 Å². The van der Waals surface area contributed by atoms with Crippen molar-refractivity contribution in [2.75, 3.05) is 31.6 Å². The van der Waals surface area contributed by atoms with Gasteiger partial charge in [-0.2, -0.15) is 0 Å². The summed E-state index contributed by atoms with van der Waals surface area (Å²) in [6.45, 7) is 5.11. The van der Waals surface area contributed by atoms with Crippen LogP contribution < -0.4 is 15.0 Å². The van der Waals surface area contributed by atoms with E-state index in [0.29, 0.717) is 16.2 Å². The number of carbonyl (C=O) groups is 3. The van der Waals surface area contributed by atoms with Crippen LogP contribution in [0.15, 0.2) is 23.9 Å². The van der Waals surface area contributed by atoms with Crippen LogP contribution in [0.2, 0.25) is 0 Å². The number of nitrogens with one attached hydrogen (secondary N) is 1. The summed E-state index contributed by atoms with van der Waals surface area (Å²) in [6.07, 6.45) is 1.48. The normalized spacial score (nSPS) is 15.5. The minimum absolute atomic E-state index is 0.0140. The second-order valence-corrected chi connectivity index (χ2v) is 5.37. The minimum Gasteiger partial charge on any atom is -0.496 e. The first-order valence-electron chi connectivity index (χ1n) is 7.90. The van der Waals surface area contributed by atoms with Crippen molar-refractivity contribution in [3.63, 3.8) is 0 Å². The number of amides is 3. The van der Waals surface area contributed by atoms with Gasteiger partial charge in [-0.15, -0.1) is 0 Å². The summed E-state index contributed by atoms with van der Waals surface area (Å²) in [5.41, 5.74) is 1.61. The molecular formula is C17H21N3O5. The molecule has 3 amide bonds. The Labute approximate surface area is 145 Å². The number of hydrogen-bond acceptors (Lipinski definition) is 5. The third kappa shape index (κ3) is 3.90.